The van der Waals surface area contributed by atoms with Crippen molar-refractivity contribution in [3.8, 4) is 0 Å². The van der Waals surface area contributed by atoms with Crippen LogP contribution in [0.5, 0.6) is 0 Å². The van der Waals surface area contributed by atoms with Crippen LogP contribution in [0.15, 0.2) is 0 Å². The van der Waals surface area contributed by atoms with Crippen molar-refractivity contribution >= 4 is 11.7 Å². The average molecular weight is 203 g/mol. The molecule has 0 saturated carbocycles. The highest BCUT2D eigenvalue weighted by Gasteiger charge is 2.25. The van der Waals surface area contributed by atoms with Crippen molar-refractivity contribution in [3.05, 3.63) is 0 Å². The minimum Gasteiger partial charge on any atom is -0.394 e. The molecule has 0 aliphatic heterocycles. The van der Waals surface area contributed by atoms with Crippen LogP contribution < -0.4 is 0 Å². The summed E-state index contributed by atoms with van der Waals surface area (Å²) in [6.45, 7) is 3.76. The molecule has 1 amide bonds. The molecule has 0 aliphatic rings. The third kappa shape index (κ3) is 3.85. The number of nitrogens with zero attached hydrogens (tertiary/aromatic N) is 1. The van der Waals surface area contributed by atoms with Crippen LogP contribution >= 0.6 is 0 Å². The molecule has 0 heterocycles. The summed E-state index contributed by atoms with van der Waals surface area (Å²) < 4.78 is 0. The number of carbonyl (C=O) groups is 2. The first-order valence-electron chi connectivity index (χ1n) is 4.46. The quantitative estimate of drug-likeness (QED) is 0.611. The molecule has 0 aromatic rings. The predicted molar refractivity (Wildman–Crippen MR) is 50.6 cm³/mol. The molecule has 0 aromatic carbocycles. The lowest BCUT2D eigenvalue weighted by molar-refractivity contribution is -0.140. The van der Waals surface area contributed by atoms with Gasteiger partial charge >= 0.3 is 0 Å². The van der Waals surface area contributed by atoms with E-state index in [2.05, 4.69) is 0 Å². The highest BCUT2D eigenvalue weighted by molar-refractivity contribution is 5.86. The molecule has 0 rings (SSSR count). The van der Waals surface area contributed by atoms with Crippen molar-refractivity contribution in [1.82, 2.24) is 4.90 Å². The summed E-state index contributed by atoms with van der Waals surface area (Å²) in [6.07, 6.45) is -0.715. The largest absolute Gasteiger partial charge is 0.394 e. The van der Waals surface area contributed by atoms with E-state index in [-0.39, 0.29) is 18.2 Å². The third-order valence-corrected chi connectivity index (χ3v) is 1.88. The number of rotatable bonds is 5. The van der Waals surface area contributed by atoms with Crippen molar-refractivity contribution < 1.29 is 19.8 Å². The van der Waals surface area contributed by atoms with Gasteiger partial charge < -0.3 is 15.1 Å². The normalized spacial score (nSPS) is 14.6. The lowest BCUT2D eigenvalue weighted by Gasteiger charge is -2.28. The Kier molecular flexibility index (Phi) is 5.34. The van der Waals surface area contributed by atoms with Gasteiger partial charge in [0.1, 0.15) is 6.04 Å². The second kappa shape index (κ2) is 5.72. The highest BCUT2D eigenvalue weighted by Crippen LogP contribution is 2.03. The Morgan fingerprint density at radius 2 is 1.86 bits per heavy atom. The molecule has 0 fully saturated rings. The number of aliphatic hydroxyl groups is 2. The molecular weight excluding hydrogens is 186 g/mol. The Balaban J connectivity index is 4.60. The molecule has 2 N–H and O–H groups in total. The first kappa shape index (κ1) is 13.1. The zero-order valence-electron chi connectivity index (χ0n) is 8.73. The van der Waals surface area contributed by atoms with E-state index in [1.54, 1.807) is 0 Å². The topological polar surface area (TPSA) is 77.8 Å². The molecule has 0 spiro atoms. The van der Waals surface area contributed by atoms with Crippen LogP contribution in [0, 0.1) is 0 Å². The average Bonchev–Trinajstić information content (AvgIpc) is 2.02. The van der Waals surface area contributed by atoms with Gasteiger partial charge in [0.2, 0.25) is 5.91 Å². The standard InChI is InChI=1S/C9H17NO4/c1-6(12)4-10(8(3)14)9(5-11)7(2)13/h6,9,11-12H,4-5H2,1-3H3. The summed E-state index contributed by atoms with van der Waals surface area (Å²) in [5.41, 5.74) is 0. The van der Waals surface area contributed by atoms with Gasteiger partial charge in [-0.25, -0.2) is 0 Å². The van der Waals surface area contributed by atoms with E-state index in [0.29, 0.717) is 0 Å². The Morgan fingerprint density at radius 1 is 1.36 bits per heavy atom. The summed E-state index contributed by atoms with van der Waals surface area (Å²) in [4.78, 5) is 23.4. The summed E-state index contributed by atoms with van der Waals surface area (Å²) in [6, 6.07) is -0.845. The highest BCUT2D eigenvalue weighted by atomic mass is 16.3. The van der Waals surface area contributed by atoms with Crippen LogP contribution in [0.2, 0.25) is 0 Å². The number of Topliss-reactive ketones (excluding diaryl/α,β-unsaturated/α-hetero) is 1. The van der Waals surface area contributed by atoms with E-state index >= 15 is 0 Å². The lowest BCUT2D eigenvalue weighted by Crippen LogP contribution is -2.48. The van der Waals surface area contributed by atoms with Crippen molar-refractivity contribution in [1.29, 1.82) is 0 Å². The van der Waals surface area contributed by atoms with Gasteiger partial charge in [-0.2, -0.15) is 0 Å². The van der Waals surface area contributed by atoms with Crippen LogP contribution in [-0.2, 0) is 9.59 Å². The van der Waals surface area contributed by atoms with Crippen LogP contribution in [0.4, 0.5) is 0 Å². The number of hydrogen-bond donors (Lipinski definition) is 2. The van der Waals surface area contributed by atoms with Crippen molar-refractivity contribution in [2.75, 3.05) is 13.2 Å². The molecule has 0 aliphatic carbocycles. The van der Waals surface area contributed by atoms with Gasteiger partial charge in [-0.05, 0) is 13.8 Å². The number of aliphatic hydroxyl groups excluding tert-OH is 2. The smallest absolute Gasteiger partial charge is 0.220 e. The minimum absolute atomic E-state index is 0.0557. The monoisotopic (exact) mass is 203 g/mol. The van der Waals surface area contributed by atoms with E-state index in [4.69, 9.17) is 10.2 Å². The second-order valence-electron chi connectivity index (χ2n) is 3.33. The minimum atomic E-state index is -0.845. The van der Waals surface area contributed by atoms with Gasteiger partial charge in [0.25, 0.3) is 0 Å². The number of amides is 1. The maximum atomic E-state index is 11.1. The van der Waals surface area contributed by atoms with Gasteiger partial charge in [-0.3, -0.25) is 9.59 Å². The van der Waals surface area contributed by atoms with Crippen molar-refractivity contribution in [3.63, 3.8) is 0 Å². The fraction of sp³-hybridized carbons (Fsp3) is 0.778. The van der Waals surface area contributed by atoms with E-state index in [1.165, 1.54) is 25.7 Å². The van der Waals surface area contributed by atoms with Gasteiger partial charge in [-0.1, -0.05) is 0 Å². The number of ketones is 1. The Bertz CT molecular complexity index is 215. The summed E-state index contributed by atoms with van der Waals surface area (Å²) in [5, 5.41) is 18.0. The first-order valence-corrected chi connectivity index (χ1v) is 4.46. The van der Waals surface area contributed by atoms with Gasteiger partial charge in [0.05, 0.1) is 12.7 Å². The SMILES string of the molecule is CC(=O)C(CO)N(CC(C)O)C(C)=O. The molecule has 2 atom stereocenters. The van der Waals surface area contributed by atoms with Gasteiger partial charge in [-0.15, -0.1) is 0 Å². The molecule has 2 unspecified atom stereocenters. The molecule has 0 bridgehead atoms. The number of hydrogen-bond acceptors (Lipinski definition) is 4. The Labute approximate surface area is 83.3 Å². The first-order chi connectivity index (χ1) is 6.40. The zero-order chi connectivity index (χ0) is 11.3. The van der Waals surface area contributed by atoms with Crippen molar-refractivity contribution in [2.45, 2.75) is 32.9 Å². The van der Waals surface area contributed by atoms with Crippen LogP contribution in [-0.4, -0.2) is 52.1 Å². The molecule has 5 nitrogen and oxygen atoms in total. The number of carbonyl (C=O) groups excluding carboxylic acids is 2. The predicted octanol–water partition coefficient (Wildman–Crippen LogP) is -0.834. The molecule has 82 valence electrons. The Morgan fingerprint density at radius 3 is 2.07 bits per heavy atom. The Hall–Kier alpha value is -0.940. The zero-order valence-corrected chi connectivity index (χ0v) is 8.73. The van der Waals surface area contributed by atoms with Gasteiger partial charge in [0.15, 0.2) is 5.78 Å². The van der Waals surface area contributed by atoms with E-state index in [1.807, 2.05) is 0 Å². The molecular formula is C9H17NO4. The summed E-state index contributed by atoms with van der Waals surface area (Å²) >= 11 is 0. The lowest BCUT2D eigenvalue weighted by atomic mass is 10.1. The summed E-state index contributed by atoms with van der Waals surface area (Å²) in [5.74, 6) is -0.622. The van der Waals surface area contributed by atoms with Crippen LogP contribution in [0.3, 0.4) is 0 Å². The van der Waals surface area contributed by atoms with Gasteiger partial charge in [0, 0.05) is 13.5 Å². The fourth-order valence-corrected chi connectivity index (χ4v) is 1.21. The maximum Gasteiger partial charge on any atom is 0.220 e. The second-order valence-corrected chi connectivity index (χ2v) is 3.33. The third-order valence-electron chi connectivity index (χ3n) is 1.88. The van der Waals surface area contributed by atoms with E-state index in [0.717, 1.165) is 0 Å². The molecule has 0 saturated heterocycles. The van der Waals surface area contributed by atoms with E-state index < -0.39 is 18.8 Å². The maximum absolute atomic E-state index is 11.1. The summed E-state index contributed by atoms with van der Waals surface area (Å²) in [7, 11) is 0. The fourth-order valence-electron chi connectivity index (χ4n) is 1.21. The van der Waals surface area contributed by atoms with E-state index in [9.17, 15) is 9.59 Å². The van der Waals surface area contributed by atoms with Crippen LogP contribution in [0.25, 0.3) is 0 Å². The molecule has 0 aromatic heterocycles. The van der Waals surface area contributed by atoms with Crippen molar-refractivity contribution in [2.24, 2.45) is 0 Å². The van der Waals surface area contributed by atoms with Crippen LogP contribution in [0.1, 0.15) is 20.8 Å². The molecule has 5 heteroatoms. The molecule has 0 radical (unpaired) electrons. The molecule has 14 heavy (non-hydrogen) atoms.